The quantitative estimate of drug-likeness (QED) is 0.0380. The van der Waals surface area contributed by atoms with Gasteiger partial charge in [-0.15, -0.1) is 0 Å². The van der Waals surface area contributed by atoms with Crippen molar-refractivity contribution in [3.8, 4) is 0 Å². The summed E-state index contributed by atoms with van der Waals surface area (Å²) in [5.74, 6) is -0.622. The number of aliphatic hydroxyl groups excluding tert-OH is 1. The number of ether oxygens (including phenoxy) is 2. The number of carbonyl (C=O) groups is 2. The first kappa shape index (κ1) is 53.6. The molecule has 0 amide bonds. The largest absolute Gasteiger partial charge is 0.462 e. The van der Waals surface area contributed by atoms with Crippen LogP contribution in [0.15, 0.2) is 109 Å². The second-order valence-electron chi connectivity index (χ2n) is 14.8. The van der Waals surface area contributed by atoms with Crippen molar-refractivity contribution in [1.82, 2.24) is 0 Å². The first-order chi connectivity index (χ1) is 28.1. The van der Waals surface area contributed by atoms with Gasteiger partial charge in [0.2, 0.25) is 0 Å². The third-order valence-electron chi connectivity index (χ3n) is 9.33. The minimum Gasteiger partial charge on any atom is -0.462 e. The zero-order valence-electron chi connectivity index (χ0n) is 36.6. The first-order valence-corrected chi connectivity index (χ1v) is 22.9. The first-order valence-electron chi connectivity index (χ1n) is 22.9. The predicted octanol–water partition coefficient (Wildman–Crippen LogP) is 15.0. The van der Waals surface area contributed by atoms with Crippen molar-refractivity contribution in [3.05, 3.63) is 109 Å². The molecule has 0 aromatic heterocycles. The number of esters is 2. The molecule has 1 N–H and O–H groups in total. The molecule has 0 aromatic rings. The second-order valence-corrected chi connectivity index (χ2v) is 14.8. The highest BCUT2D eigenvalue weighted by Crippen LogP contribution is 2.13. The van der Waals surface area contributed by atoms with Crippen LogP contribution < -0.4 is 0 Å². The fourth-order valence-electron chi connectivity index (χ4n) is 5.90. The lowest BCUT2D eigenvalue weighted by molar-refractivity contribution is -0.161. The van der Waals surface area contributed by atoms with E-state index >= 15 is 0 Å². The van der Waals surface area contributed by atoms with Gasteiger partial charge in [-0.2, -0.15) is 0 Å². The van der Waals surface area contributed by atoms with E-state index in [2.05, 4.69) is 123 Å². The number of aliphatic hydroxyl groups is 1. The average molecular weight is 789 g/mol. The number of unbranched alkanes of at least 4 members (excludes halogenated alkanes) is 14. The molecule has 0 rings (SSSR count). The van der Waals surface area contributed by atoms with E-state index in [4.69, 9.17) is 9.47 Å². The molecule has 0 fully saturated rings. The van der Waals surface area contributed by atoms with Gasteiger partial charge in [-0.25, -0.2) is 0 Å². The highest BCUT2D eigenvalue weighted by atomic mass is 16.6. The Kier molecular flexibility index (Phi) is 44.1. The Balaban J connectivity index is 3.66. The van der Waals surface area contributed by atoms with Crippen LogP contribution in [0.4, 0.5) is 0 Å². The molecule has 5 heteroatoms. The number of carbonyl (C=O) groups excluding carboxylic acids is 2. The van der Waals surface area contributed by atoms with E-state index in [0.29, 0.717) is 12.8 Å². The highest BCUT2D eigenvalue weighted by Gasteiger charge is 2.16. The molecule has 0 aliphatic rings. The number of hydrogen-bond acceptors (Lipinski definition) is 5. The number of hydrogen-bond donors (Lipinski definition) is 1. The van der Waals surface area contributed by atoms with Crippen LogP contribution in [0, 0.1) is 0 Å². The lowest BCUT2D eigenvalue weighted by Crippen LogP contribution is -2.28. The van der Waals surface area contributed by atoms with Crippen molar-refractivity contribution in [2.75, 3.05) is 13.2 Å². The number of allylic oxidation sites excluding steroid dienone is 18. The van der Waals surface area contributed by atoms with E-state index < -0.39 is 6.10 Å². The van der Waals surface area contributed by atoms with Crippen LogP contribution in [0.2, 0.25) is 0 Å². The van der Waals surface area contributed by atoms with Gasteiger partial charge in [0.25, 0.3) is 0 Å². The maximum absolute atomic E-state index is 12.2. The topological polar surface area (TPSA) is 72.8 Å². The molecule has 0 radical (unpaired) electrons. The summed E-state index contributed by atoms with van der Waals surface area (Å²) in [4.78, 5) is 24.2. The lowest BCUT2D eigenvalue weighted by atomic mass is 10.1. The van der Waals surface area contributed by atoms with Crippen molar-refractivity contribution in [2.45, 2.75) is 193 Å². The van der Waals surface area contributed by atoms with Gasteiger partial charge in [0.15, 0.2) is 6.10 Å². The summed E-state index contributed by atoms with van der Waals surface area (Å²) >= 11 is 0. The Morgan fingerprint density at radius 2 is 0.754 bits per heavy atom. The third kappa shape index (κ3) is 45.1. The molecule has 5 nitrogen and oxygen atoms in total. The lowest BCUT2D eigenvalue weighted by Gasteiger charge is -2.15. The Morgan fingerprint density at radius 3 is 1.14 bits per heavy atom. The molecule has 57 heavy (non-hydrogen) atoms. The normalized spacial score (nSPS) is 13.2. The van der Waals surface area contributed by atoms with Crippen LogP contribution in [0.3, 0.4) is 0 Å². The minimum atomic E-state index is -0.786. The van der Waals surface area contributed by atoms with E-state index in [9.17, 15) is 14.7 Å². The SMILES string of the molecule is CC/C=C\C/C=C\C/C=C\C/C=C\C/C=C\C/C=C\C/C=C\C/C=C\C/C=C\CCCCCCCC(=O)OC(CO)COC(=O)CCCCCCCCCCCC. The highest BCUT2D eigenvalue weighted by molar-refractivity contribution is 5.70. The molecule has 0 saturated carbocycles. The van der Waals surface area contributed by atoms with Gasteiger partial charge in [0, 0.05) is 12.8 Å². The smallest absolute Gasteiger partial charge is 0.306 e. The van der Waals surface area contributed by atoms with E-state index in [1.807, 2.05) is 0 Å². The standard InChI is InChI=1S/C52H84O5/c1-3-5-7-9-11-13-15-16-17-18-19-20-21-22-23-24-25-26-27-28-29-30-31-32-33-34-35-36-37-39-41-43-45-47-52(55)57-50(48-53)49-56-51(54)46-44-42-40-38-14-12-10-8-6-4-2/h5,7,11,13,16-17,19-20,22-23,25-26,28-29,31-32,34-35,50,53H,3-4,6,8-10,12,14-15,18,21,24,27,30,33,36-49H2,1-2H3/b7-5-,13-11-,17-16-,20-19-,23-22-,26-25-,29-28-,32-31-,35-34-. The molecule has 0 heterocycles. The molecular formula is C52H84O5. The van der Waals surface area contributed by atoms with Gasteiger partial charge in [0.1, 0.15) is 6.61 Å². The van der Waals surface area contributed by atoms with Crippen LogP contribution in [0.5, 0.6) is 0 Å². The van der Waals surface area contributed by atoms with Crippen molar-refractivity contribution < 1.29 is 24.2 Å². The molecule has 322 valence electrons. The molecule has 0 bridgehead atoms. The molecule has 1 unspecified atom stereocenters. The fourth-order valence-corrected chi connectivity index (χ4v) is 5.90. The minimum absolute atomic E-state index is 0.0785. The number of rotatable bonds is 40. The molecule has 1 atom stereocenters. The van der Waals surface area contributed by atoms with Crippen LogP contribution in [0.1, 0.15) is 187 Å². The average Bonchev–Trinajstić information content (AvgIpc) is 3.21. The molecule has 0 aliphatic heterocycles. The van der Waals surface area contributed by atoms with Crippen LogP contribution in [-0.2, 0) is 19.1 Å². The monoisotopic (exact) mass is 789 g/mol. The van der Waals surface area contributed by atoms with Gasteiger partial charge in [-0.3, -0.25) is 9.59 Å². The zero-order valence-corrected chi connectivity index (χ0v) is 36.6. The second kappa shape index (κ2) is 46.9. The Hall–Kier alpha value is -3.44. The Morgan fingerprint density at radius 1 is 0.421 bits per heavy atom. The fraction of sp³-hybridized carbons (Fsp3) is 0.615. The molecule has 0 spiro atoms. The summed E-state index contributed by atoms with van der Waals surface area (Å²) in [7, 11) is 0. The maximum Gasteiger partial charge on any atom is 0.306 e. The molecular weight excluding hydrogens is 705 g/mol. The van der Waals surface area contributed by atoms with Gasteiger partial charge in [-0.05, 0) is 83.5 Å². The van der Waals surface area contributed by atoms with Crippen LogP contribution in [-0.4, -0.2) is 36.4 Å². The third-order valence-corrected chi connectivity index (χ3v) is 9.33. The van der Waals surface area contributed by atoms with Crippen LogP contribution >= 0.6 is 0 Å². The summed E-state index contributed by atoms with van der Waals surface area (Å²) in [6, 6.07) is 0. The summed E-state index contributed by atoms with van der Waals surface area (Å²) in [5, 5.41) is 9.56. The van der Waals surface area contributed by atoms with Gasteiger partial charge in [-0.1, -0.05) is 200 Å². The van der Waals surface area contributed by atoms with E-state index in [0.717, 1.165) is 116 Å². The summed E-state index contributed by atoms with van der Waals surface area (Å²) in [6.45, 7) is 3.98. The summed E-state index contributed by atoms with van der Waals surface area (Å²) in [6.07, 6.45) is 67.4. The van der Waals surface area contributed by atoms with Crippen molar-refractivity contribution in [3.63, 3.8) is 0 Å². The Bertz CT molecular complexity index is 1160. The van der Waals surface area contributed by atoms with Gasteiger partial charge < -0.3 is 14.6 Å². The van der Waals surface area contributed by atoms with E-state index in [1.165, 1.54) is 44.9 Å². The van der Waals surface area contributed by atoms with Gasteiger partial charge in [0.05, 0.1) is 6.61 Å². The molecule has 0 saturated heterocycles. The molecule has 0 aromatic carbocycles. The summed E-state index contributed by atoms with van der Waals surface area (Å²) < 4.78 is 10.6. The molecule has 0 aliphatic carbocycles. The predicted molar refractivity (Wildman–Crippen MR) is 246 cm³/mol. The Labute approximate surface area is 350 Å². The van der Waals surface area contributed by atoms with Crippen molar-refractivity contribution in [1.29, 1.82) is 0 Å². The van der Waals surface area contributed by atoms with Gasteiger partial charge >= 0.3 is 11.9 Å². The zero-order chi connectivity index (χ0) is 41.4. The maximum atomic E-state index is 12.2. The van der Waals surface area contributed by atoms with Crippen LogP contribution in [0.25, 0.3) is 0 Å². The van der Waals surface area contributed by atoms with Crippen molar-refractivity contribution >= 4 is 11.9 Å². The van der Waals surface area contributed by atoms with E-state index in [-0.39, 0.29) is 25.2 Å². The van der Waals surface area contributed by atoms with E-state index in [1.54, 1.807) is 0 Å². The van der Waals surface area contributed by atoms with Crippen molar-refractivity contribution in [2.24, 2.45) is 0 Å². The summed E-state index contributed by atoms with van der Waals surface area (Å²) in [5.41, 5.74) is 0.